The van der Waals surface area contributed by atoms with Crippen LogP contribution in [0, 0.1) is 0 Å². The van der Waals surface area contributed by atoms with Gasteiger partial charge in [-0.15, -0.1) is 11.3 Å². The average Bonchev–Trinajstić information content (AvgIpc) is 3.09. The minimum atomic E-state index is 0.0372. The van der Waals surface area contributed by atoms with Crippen molar-refractivity contribution < 1.29 is 4.79 Å². The molecule has 0 saturated heterocycles. The Balaban J connectivity index is 1.54. The third kappa shape index (κ3) is 3.80. The van der Waals surface area contributed by atoms with Crippen LogP contribution in [0.1, 0.15) is 11.1 Å². The molecule has 0 fully saturated rings. The lowest BCUT2D eigenvalue weighted by molar-refractivity contribution is -0.120. The van der Waals surface area contributed by atoms with Crippen molar-refractivity contribution in [2.45, 2.75) is 13.0 Å². The molecule has 0 spiro atoms. The lowest BCUT2D eigenvalue weighted by Crippen LogP contribution is -2.24. The normalized spacial score (nSPS) is 10.4. The number of benzene rings is 2. The van der Waals surface area contributed by atoms with Crippen molar-refractivity contribution in [1.29, 1.82) is 0 Å². The molecule has 2 aromatic carbocycles. The maximum absolute atomic E-state index is 11.9. The van der Waals surface area contributed by atoms with Crippen molar-refractivity contribution >= 4 is 17.2 Å². The Morgan fingerprint density at radius 1 is 1.00 bits per heavy atom. The van der Waals surface area contributed by atoms with Gasteiger partial charge in [-0.2, -0.15) is 0 Å². The van der Waals surface area contributed by atoms with Gasteiger partial charge < -0.3 is 5.32 Å². The molecule has 1 N–H and O–H groups in total. The van der Waals surface area contributed by atoms with Gasteiger partial charge >= 0.3 is 0 Å². The first-order chi connectivity index (χ1) is 10.8. The van der Waals surface area contributed by atoms with Gasteiger partial charge in [0.15, 0.2) is 0 Å². The van der Waals surface area contributed by atoms with E-state index in [1.165, 1.54) is 0 Å². The highest BCUT2D eigenvalue weighted by molar-refractivity contribution is 7.13. The summed E-state index contributed by atoms with van der Waals surface area (Å²) in [5.74, 6) is 0.0372. The van der Waals surface area contributed by atoms with Crippen LogP contribution in [0.5, 0.6) is 0 Å². The van der Waals surface area contributed by atoms with Crippen molar-refractivity contribution in [3.05, 3.63) is 77.3 Å². The first-order valence-electron chi connectivity index (χ1n) is 7.11. The molecule has 110 valence electrons. The van der Waals surface area contributed by atoms with E-state index in [0.717, 1.165) is 21.7 Å². The van der Waals surface area contributed by atoms with E-state index >= 15 is 0 Å². The van der Waals surface area contributed by atoms with Gasteiger partial charge in [-0.1, -0.05) is 54.6 Å². The Kier molecular flexibility index (Phi) is 4.61. The summed E-state index contributed by atoms with van der Waals surface area (Å²) in [6.07, 6.45) is 2.22. The number of nitrogens with zero attached hydrogens (tertiary/aromatic N) is 1. The molecule has 1 amide bonds. The molecule has 1 heterocycles. The maximum atomic E-state index is 11.9. The zero-order valence-electron chi connectivity index (χ0n) is 12.0. The highest BCUT2D eigenvalue weighted by Gasteiger charge is 2.04. The number of carbonyl (C=O) groups excluding carboxylic acids is 1. The van der Waals surface area contributed by atoms with Crippen molar-refractivity contribution in [3.63, 3.8) is 0 Å². The van der Waals surface area contributed by atoms with Gasteiger partial charge in [-0.3, -0.25) is 4.79 Å². The molecule has 22 heavy (non-hydrogen) atoms. The van der Waals surface area contributed by atoms with E-state index in [1.54, 1.807) is 17.5 Å². The van der Waals surface area contributed by atoms with Crippen molar-refractivity contribution in [2.75, 3.05) is 0 Å². The van der Waals surface area contributed by atoms with Crippen molar-refractivity contribution in [2.24, 2.45) is 0 Å². The van der Waals surface area contributed by atoms with E-state index in [0.29, 0.717) is 13.0 Å². The van der Waals surface area contributed by atoms with Crippen LogP contribution in [0.25, 0.3) is 10.6 Å². The SMILES string of the molecule is O=C(Cc1ccccc1)NCc1ccc(-c2nccs2)cc1. The largest absolute Gasteiger partial charge is 0.352 e. The number of thiazole rings is 1. The third-order valence-electron chi connectivity index (χ3n) is 3.33. The minimum Gasteiger partial charge on any atom is -0.352 e. The predicted octanol–water partition coefficient (Wildman–Crippen LogP) is 3.67. The summed E-state index contributed by atoms with van der Waals surface area (Å²) < 4.78 is 0. The van der Waals surface area contributed by atoms with E-state index in [4.69, 9.17) is 0 Å². The van der Waals surface area contributed by atoms with E-state index in [9.17, 15) is 4.79 Å². The predicted molar refractivity (Wildman–Crippen MR) is 89.5 cm³/mol. The van der Waals surface area contributed by atoms with E-state index in [2.05, 4.69) is 10.3 Å². The van der Waals surface area contributed by atoms with E-state index in [1.807, 2.05) is 60.0 Å². The van der Waals surface area contributed by atoms with Crippen LogP contribution in [0.15, 0.2) is 66.2 Å². The first kappa shape index (κ1) is 14.5. The molecular weight excluding hydrogens is 292 g/mol. The number of rotatable bonds is 5. The van der Waals surface area contributed by atoms with Crippen LogP contribution in [0.4, 0.5) is 0 Å². The van der Waals surface area contributed by atoms with Gasteiger partial charge in [0.1, 0.15) is 5.01 Å². The fourth-order valence-electron chi connectivity index (χ4n) is 2.18. The monoisotopic (exact) mass is 308 g/mol. The average molecular weight is 308 g/mol. The molecule has 0 radical (unpaired) electrons. The van der Waals surface area contributed by atoms with Gasteiger partial charge in [0.2, 0.25) is 5.91 Å². The molecule has 0 bridgehead atoms. The molecule has 4 heteroatoms. The number of hydrogen-bond acceptors (Lipinski definition) is 3. The lowest BCUT2D eigenvalue weighted by Gasteiger charge is -2.06. The summed E-state index contributed by atoms with van der Waals surface area (Å²) in [7, 11) is 0. The van der Waals surface area contributed by atoms with Crippen molar-refractivity contribution in [1.82, 2.24) is 10.3 Å². The van der Waals surface area contributed by atoms with Crippen LogP contribution in [-0.2, 0) is 17.8 Å². The molecule has 3 rings (SSSR count). The summed E-state index contributed by atoms with van der Waals surface area (Å²) in [5.41, 5.74) is 3.22. The summed E-state index contributed by atoms with van der Waals surface area (Å²) in [6, 6.07) is 17.9. The third-order valence-corrected chi connectivity index (χ3v) is 4.15. The number of amides is 1. The van der Waals surface area contributed by atoms with Gasteiger partial charge in [-0.25, -0.2) is 4.98 Å². The molecule has 1 aromatic heterocycles. The Bertz CT molecular complexity index is 722. The molecule has 0 aliphatic carbocycles. The van der Waals surface area contributed by atoms with Crippen LogP contribution < -0.4 is 5.32 Å². The molecule has 3 nitrogen and oxygen atoms in total. The Labute approximate surface area is 133 Å². The molecule has 0 unspecified atom stereocenters. The molecule has 0 saturated carbocycles. The smallest absolute Gasteiger partial charge is 0.224 e. The standard InChI is InChI=1S/C18H16N2OS/c21-17(12-14-4-2-1-3-5-14)20-13-15-6-8-16(9-7-15)18-19-10-11-22-18/h1-11H,12-13H2,(H,20,21). The zero-order chi connectivity index (χ0) is 15.2. The zero-order valence-corrected chi connectivity index (χ0v) is 12.8. The second kappa shape index (κ2) is 7.00. The van der Waals surface area contributed by atoms with E-state index < -0.39 is 0 Å². The number of nitrogens with one attached hydrogen (secondary N) is 1. The molecular formula is C18H16N2OS. The first-order valence-corrected chi connectivity index (χ1v) is 7.99. The molecule has 0 aliphatic heterocycles. The second-order valence-corrected chi connectivity index (χ2v) is 5.87. The van der Waals surface area contributed by atoms with Crippen LogP contribution in [-0.4, -0.2) is 10.9 Å². The molecule has 0 aliphatic rings. The maximum Gasteiger partial charge on any atom is 0.224 e. The number of hydrogen-bond donors (Lipinski definition) is 1. The fraction of sp³-hybridized carbons (Fsp3) is 0.111. The lowest BCUT2D eigenvalue weighted by atomic mass is 10.1. The molecule has 3 aromatic rings. The highest BCUT2D eigenvalue weighted by atomic mass is 32.1. The minimum absolute atomic E-state index is 0.0372. The molecule has 0 atom stereocenters. The van der Waals surface area contributed by atoms with Crippen molar-refractivity contribution in [3.8, 4) is 10.6 Å². The summed E-state index contributed by atoms with van der Waals surface area (Å²) >= 11 is 1.62. The number of aromatic nitrogens is 1. The summed E-state index contributed by atoms with van der Waals surface area (Å²) in [5, 5.41) is 5.93. The van der Waals surface area contributed by atoms with Crippen LogP contribution >= 0.6 is 11.3 Å². The van der Waals surface area contributed by atoms with Crippen LogP contribution in [0.3, 0.4) is 0 Å². The van der Waals surface area contributed by atoms with Gasteiger partial charge in [0.25, 0.3) is 0 Å². The van der Waals surface area contributed by atoms with Gasteiger partial charge in [0.05, 0.1) is 6.42 Å². The fourth-order valence-corrected chi connectivity index (χ4v) is 2.82. The van der Waals surface area contributed by atoms with Gasteiger partial charge in [-0.05, 0) is 11.1 Å². The Hall–Kier alpha value is -2.46. The van der Waals surface area contributed by atoms with Gasteiger partial charge in [0, 0.05) is 23.7 Å². The Morgan fingerprint density at radius 3 is 2.45 bits per heavy atom. The van der Waals surface area contributed by atoms with E-state index in [-0.39, 0.29) is 5.91 Å². The number of carbonyl (C=O) groups is 1. The summed E-state index contributed by atoms with van der Waals surface area (Å²) in [6.45, 7) is 0.545. The second-order valence-electron chi connectivity index (χ2n) is 4.97. The summed E-state index contributed by atoms with van der Waals surface area (Å²) in [4.78, 5) is 16.2. The van der Waals surface area contributed by atoms with Crippen LogP contribution in [0.2, 0.25) is 0 Å². The highest BCUT2D eigenvalue weighted by Crippen LogP contribution is 2.21. The topological polar surface area (TPSA) is 42.0 Å². The Morgan fingerprint density at radius 2 is 1.77 bits per heavy atom. The quantitative estimate of drug-likeness (QED) is 0.781.